The van der Waals surface area contributed by atoms with Gasteiger partial charge in [-0.05, 0) is 30.7 Å². The SMILES string of the molecule is Cc1ccc(Cl)cc1Oc1ccc(S(=O)(=O)Cl)cn1. The summed E-state index contributed by atoms with van der Waals surface area (Å²) in [5.74, 6) is 0.816. The monoisotopic (exact) mass is 317 g/mol. The van der Waals surface area contributed by atoms with Crippen LogP contribution in [-0.2, 0) is 9.05 Å². The number of aryl methyl sites for hydroxylation is 1. The Bertz CT molecular complexity index is 699. The number of nitrogens with zero attached hydrogens (tertiary/aromatic N) is 1. The first-order chi connectivity index (χ1) is 8.86. The number of ether oxygens (including phenoxy) is 1. The lowest BCUT2D eigenvalue weighted by Crippen LogP contribution is -1.94. The van der Waals surface area contributed by atoms with Gasteiger partial charge in [-0.1, -0.05) is 17.7 Å². The van der Waals surface area contributed by atoms with Gasteiger partial charge < -0.3 is 4.74 Å². The van der Waals surface area contributed by atoms with Crippen LogP contribution in [0, 0.1) is 6.92 Å². The molecular formula is C12H9Cl2NO3S. The Morgan fingerprint density at radius 1 is 1.21 bits per heavy atom. The van der Waals surface area contributed by atoms with Crippen LogP contribution >= 0.6 is 22.3 Å². The summed E-state index contributed by atoms with van der Waals surface area (Å²) < 4.78 is 27.7. The normalized spacial score (nSPS) is 11.3. The Morgan fingerprint density at radius 2 is 1.95 bits per heavy atom. The van der Waals surface area contributed by atoms with Crippen LogP contribution in [0.15, 0.2) is 41.4 Å². The van der Waals surface area contributed by atoms with E-state index in [0.29, 0.717) is 10.8 Å². The molecular weight excluding hydrogens is 309 g/mol. The number of pyridine rings is 1. The van der Waals surface area contributed by atoms with Crippen molar-refractivity contribution in [2.24, 2.45) is 0 Å². The zero-order chi connectivity index (χ0) is 14.0. The molecule has 1 aromatic carbocycles. The van der Waals surface area contributed by atoms with Crippen LogP contribution in [-0.4, -0.2) is 13.4 Å². The number of benzene rings is 1. The van der Waals surface area contributed by atoms with E-state index in [2.05, 4.69) is 4.98 Å². The van der Waals surface area contributed by atoms with Crippen molar-refractivity contribution in [1.82, 2.24) is 4.98 Å². The Hall–Kier alpha value is -1.30. The van der Waals surface area contributed by atoms with Gasteiger partial charge in [0.25, 0.3) is 9.05 Å². The number of rotatable bonds is 3. The van der Waals surface area contributed by atoms with Crippen molar-refractivity contribution in [3.8, 4) is 11.6 Å². The van der Waals surface area contributed by atoms with E-state index in [0.717, 1.165) is 11.8 Å². The van der Waals surface area contributed by atoms with Gasteiger partial charge in [-0.15, -0.1) is 0 Å². The van der Waals surface area contributed by atoms with Crippen molar-refractivity contribution in [3.05, 3.63) is 47.1 Å². The van der Waals surface area contributed by atoms with Gasteiger partial charge >= 0.3 is 0 Å². The second kappa shape index (κ2) is 5.36. The quantitative estimate of drug-likeness (QED) is 0.809. The fourth-order valence-corrected chi connectivity index (χ4v) is 2.21. The summed E-state index contributed by atoms with van der Waals surface area (Å²) in [5, 5.41) is 0.542. The third-order valence-electron chi connectivity index (χ3n) is 2.36. The smallest absolute Gasteiger partial charge is 0.262 e. The molecule has 0 aliphatic heterocycles. The fraction of sp³-hybridized carbons (Fsp3) is 0.0833. The topological polar surface area (TPSA) is 56.3 Å². The van der Waals surface area contributed by atoms with Gasteiger partial charge in [-0.3, -0.25) is 0 Å². The standard InChI is InChI=1S/C12H9Cl2NO3S/c1-8-2-3-9(13)6-11(8)18-12-5-4-10(7-15-12)19(14,16)17/h2-7H,1H3. The van der Waals surface area contributed by atoms with E-state index in [-0.39, 0.29) is 10.8 Å². The van der Waals surface area contributed by atoms with E-state index < -0.39 is 9.05 Å². The molecule has 0 spiro atoms. The van der Waals surface area contributed by atoms with Gasteiger partial charge in [-0.2, -0.15) is 0 Å². The maximum absolute atomic E-state index is 11.1. The molecule has 0 saturated heterocycles. The van der Waals surface area contributed by atoms with E-state index >= 15 is 0 Å². The number of aromatic nitrogens is 1. The summed E-state index contributed by atoms with van der Waals surface area (Å²) in [6, 6.07) is 7.97. The van der Waals surface area contributed by atoms with Crippen LogP contribution in [0.2, 0.25) is 5.02 Å². The third-order valence-corrected chi connectivity index (χ3v) is 3.93. The van der Waals surface area contributed by atoms with Crippen LogP contribution in [0.25, 0.3) is 0 Å². The predicted octanol–water partition coefficient (Wildman–Crippen LogP) is 3.76. The number of hydrogen-bond donors (Lipinski definition) is 0. The Kier molecular flexibility index (Phi) is 3.99. The molecule has 0 amide bonds. The summed E-state index contributed by atoms with van der Waals surface area (Å²) in [7, 11) is 1.42. The second-order valence-electron chi connectivity index (χ2n) is 3.78. The van der Waals surface area contributed by atoms with Crippen LogP contribution in [0.1, 0.15) is 5.56 Å². The summed E-state index contributed by atoms with van der Waals surface area (Å²) >= 11 is 5.87. The maximum Gasteiger partial charge on any atom is 0.262 e. The van der Waals surface area contributed by atoms with Crippen molar-refractivity contribution in [2.45, 2.75) is 11.8 Å². The van der Waals surface area contributed by atoms with Crippen molar-refractivity contribution in [1.29, 1.82) is 0 Å². The molecule has 0 aliphatic rings. The van der Waals surface area contributed by atoms with E-state index in [1.54, 1.807) is 12.1 Å². The fourth-order valence-electron chi connectivity index (χ4n) is 1.37. The van der Waals surface area contributed by atoms with E-state index in [1.807, 2.05) is 13.0 Å². The highest BCUT2D eigenvalue weighted by atomic mass is 35.7. The molecule has 7 heteroatoms. The predicted molar refractivity (Wildman–Crippen MR) is 73.5 cm³/mol. The first-order valence-corrected chi connectivity index (χ1v) is 7.90. The molecule has 2 rings (SSSR count). The molecule has 0 aliphatic carbocycles. The minimum Gasteiger partial charge on any atom is -0.439 e. The first kappa shape index (κ1) is 14.1. The van der Waals surface area contributed by atoms with Crippen molar-refractivity contribution in [2.75, 3.05) is 0 Å². The minimum absolute atomic E-state index is 0.0793. The van der Waals surface area contributed by atoms with E-state index in [4.69, 9.17) is 27.0 Å². The zero-order valence-corrected chi connectivity index (χ0v) is 12.1. The van der Waals surface area contributed by atoms with Gasteiger partial charge in [0.1, 0.15) is 10.6 Å². The van der Waals surface area contributed by atoms with Crippen LogP contribution < -0.4 is 4.74 Å². The molecule has 1 heterocycles. The molecule has 0 radical (unpaired) electrons. The highest BCUT2D eigenvalue weighted by Crippen LogP contribution is 2.27. The van der Waals surface area contributed by atoms with Gasteiger partial charge in [0.05, 0.1) is 6.20 Å². The van der Waals surface area contributed by atoms with Gasteiger partial charge in [0, 0.05) is 21.8 Å². The van der Waals surface area contributed by atoms with Crippen molar-refractivity contribution >= 4 is 31.3 Å². The molecule has 0 fully saturated rings. The molecule has 0 atom stereocenters. The third kappa shape index (κ3) is 3.59. The summed E-state index contributed by atoms with van der Waals surface area (Å²) in [6.45, 7) is 1.86. The Balaban J connectivity index is 2.27. The van der Waals surface area contributed by atoms with Crippen molar-refractivity contribution in [3.63, 3.8) is 0 Å². The molecule has 100 valence electrons. The average Bonchev–Trinajstić information content (AvgIpc) is 2.33. The minimum atomic E-state index is -3.77. The lowest BCUT2D eigenvalue weighted by Gasteiger charge is -2.08. The summed E-state index contributed by atoms with van der Waals surface area (Å²) in [4.78, 5) is 3.80. The second-order valence-corrected chi connectivity index (χ2v) is 6.78. The zero-order valence-electron chi connectivity index (χ0n) is 9.80. The highest BCUT2D eigenvalue weighted by Gasteiger charge is 2.11. The molecule has 0 N–H and O–H groups in total. The van der Waals surface area contributed by atoms with Crippen LogP contribution in [0.4, 0.5) is 0 Å². The molecule has 19 heavy (non-hydrogen) atoms. The average molecular weight is 318 g/mol. The largest absolute Gasteiger partial charge is 0.439 e. The van der Waals surface area contributed by atoms with Crippen molar-refractivity contribution < 1.29 is 13.2 Å². The lowest BCUT2D eigenvalue weighted by atomic mass is 10.2. The highest BCUT2D eigenvalue weighted by molar-refractivity contribution is 8.13. The molecule has 0 unspecified atom stereocenters. The van der Waals surface area contributed by atoms with Gasteiger partial charge in [0.2, 0.25) is 5.88 Å². The first-order valence-electron chi connectivity index (χ1n) is 5.21. The maximum atomic E-state index is 11.1. The number of halogens is 2. The Labute approximate surface area is 120 Å². The molecule has 4 nitrogen and oxygen atoms in total. The van der Waals surface area contributed by atoms with Gasteiger partial charge in [-0.25, -0.2) is 13.4 Å². The van der Waals surface area contributed by atoms with Crippen LogP contribution in [0.5, 0.6) is 11.6 Å². The summed E-state index contributed by atoms with van der Waals surface area (Å²) in [6.07, 6.45) is 1.14. The lowest BCUT2D eigenvalue weighted by molar-refractivity contribution is 0.458. The molecule has 0 bridgehead atoms. The molecule has 1 aromatic heterocycles. The van der Waals surface area contributed by atoms with E-state index in [9.17, 15) is 8.42 Å². The van der Waals surface area contributed by atoms with Gasteiger partial charge in [0.15, 0.2) is 0 Å². The molecule has 2 aromatic rings. The number of hydrogen-bond acceptors (Lipinski definition) is 4. The van der Waals surface area contributed by atoms with E-state index in [1.165, 1.54) is 12.1 Å². The summed E-state index contributed by atoms with van der Waals surface area (Å²) in [5.41, 5.74) is 0.889. The van der Waals surface area contributed by atoms with Crippen LogP contribution in [0.3, 0.4) is 0 Å². The molecule has 0 saturated carbocycles. The Morgan fingerprint density at radius 3 is 2.53 bits per heavy atom.